The first-order valence-corrected chi connectivity index (χ1v) is 5.76. The zero-order valence-corrected chi connectivity index (χ0v) is 10.3. The Labute approximate surface area is 107 Å². The monoisotopic (exact) mass is 238 g/mol. The molecule has 2 atom stereocenters. The predicted molar refractivity (Wildman–Crippen MR) is 67.1 cm³/mol. The van der Waals surface area contributed by atoms with Gasteiger partial charge >= 0.3 is 0 Å². The summed E-state index contributed by atoms with van der Waals surface area (Å²) in [5.74, 6) is 0. The lowest BCUT2D eigenvalue weighted by Gasteiger charge is -2.31. The Kier molecular flexibility index (Phi) is 2.95. The number of ether oxygens (including phenoxy) is 1. The van der Waals surface area contributed by atoms with Crippen LogP contribution in [0.5, 0.6) is 0 Å². The fourth-order valence-corrected chi connectivity index (χ4v) is 2.39. The van der Waals surface area contributed by atoms with E-state index in [2.05, 4.69) is 18.7 Å². The van der Waals surface area contributed by atoms with Gasteiger partial charge in [-0.25, -0.2) is 0 Å². The van der Waals surface area contributed by atoms with Crippen molar-refractivity contribution in [1.29, 1.82) is 10.5 Å². The minimum atomic E-state index is -1.23. The van der Waals surface area contributed by atoms with E-state index in [1.807, 2.05) is 37.3 Å². The van der Waals surface area contributed by atoms with E-state index in [9.17, 15) is 10.5 Å². The van der Waals surface area contributed by atoms with Crippen LogP contribution in [0.1, 0.15) is 18.6 Å². The molecule has 90 valence electrons. The molecule has 0 spiro atoms. The highest BCUT2D eigenvalue weighted by molar-refractivity contribution is 5.36. The Morgan fingerprint density at radius 2 is 1.94 bits per heavy atom. The van der Waals surface area contributed by atoms with Crippen LogP contribution in [-0.4, -0.2) is 6.61 Å². The Hall–Kier alpha value is -2.10. The van der Waals surface area contributed by atoms with E-state index in [4.69, 9.17) is 4.74 Å². The Bertz CT molecular complexity index is 524. The van der Waals surface area contributed by atoms with Crippen molar-refractivity contribution in [1.82, 2.24) is 0 Å². The van der Waals surface area contributed by atoms with Gasteiger partial charge in [-0.2, -0.15) is 10.5 Å². The molecule has 0 aromatic heterocycles. The molecule has 3 heteroatoms. The van der Waals surface area contributed by atoms with Gasteiger partial charge in [0.1, 0.15) is 6.10 Å². The number of hydrogen-bond acceptors (Lipinski definition) is 3. The van der Waals surface area contributed by atoms with E-state index in [1.54, 1.807) is 6.08 Å². The Morgan fingerprint density at radius 1 is 1.33 bits per heavy atom. The highest BCUT2D eigenvalue weighted by Gasteiger charge is 2.59. The Balaban J connectivity index is 2.56. The molecule has 0 aliphatic carbocycles. The molecule has 18 heavy (non-hydrogen) atoms. The maximum absolute atomic E-state index is 9.51. The highest BCUT2D eigenvalue weighted by atomic mass is 16.5. The summed E-state index contributed by atoms with van der Waals surface area (Å²) in [6.07, 6.45) is 1.12. The minimum Gasteiger partial charge on any atom is -0.370 e. The van der Waals surface area contributed by atoms with Crippen molar-refractivity contribution in [2.75, 3.05) is 6.61 Å². The fraction of sp³-hybridized carbons (Fsp3) is 0.333. The summed E-state index contributed by atoms with van der Waals surface area (Å²) in [7, 11) is 0. The van der Waals surface area contributed by atoms with Gasteiger partial charge < -0.3 is 4.74 Å². The molecule has 0 amide bonds. The first kappa shape index (κ1) is 12.4. The molecule has 1 fully saturated rings. The van der Waals surface area contributed by atoms with Crippen LogP contribution in [0.4, 0.5) is 0 Å². The molecule has 0 unspecified atom stereocenters. The molecule has 1 saturated heterocycles. The van der Waals surface area contributed by atoms with Gasteiger partial charge in [-0.3, -0.25) is 0 Å². The topological polar surface area (TPSA) is 56.8 Å². The van der Waals surface area contributed by atoms with Gasteiger partial charge in [-0.15, -0.1) is 6.58 Å². The minimum absolute atomic E-state index is 0.331. The number of benzene rings is 1. The third-order valence-corrected chi connectivity index (χ3v) is 3.75. The smallest absolute Gasteiger partial charge is 0.184 e. The Morgan fingerprint density at radius 3 is 2.44 bits per heavy atom. The van der Waals surface area contributed by atoms with Crippen LogP contribution in [0.3, 0.4) is 0 Å². The second-order valence-electron chi connectivity index (χ2n) is 4.75. The van der Waals surface area contributed by atoms with E-state index < -0.39 is 16.9 Å². The average molecular weight is 238 g/mol. The van der Waals surface area contributed by atoms with Gasteiger partial charge in [0.05, 0.1) is 18.7 Å². The lowest BCUT2D eigenvalue weighted by molar-refractivity contribution is 0.0859. The molecule has 1 aromatic carbocycles. The van der Waals surface area contributed by atoms with Crippen LogP contribution in [0, 0.1) is 33.5 Å². The van der Waals surface area contributed by atoms with Crippen molar-refractivity contribution >= 4 is 0 Å². The van der Waals surface area contributed by atoms with Crippen LogP contribution < -0.4 is 0 Å². The fourth-order valence-electron chi connectivity index (χ4n) is 2.39. The molecule has 1 aliphatic heterocycles. The van der Waals surface area contributed by atoms with Crippen molar-refractivity contribution in [3.8, 4) is 12.1 Å². The number of nitrogens with zero attached hydrogens (tertiary/aromatic N) is 2. The van der Waals surface area contributed by atoms with Gasteiger partial charge in [0, 0.05) is 5.41 Å². The molecule has 1 heterocycles. The summed E-state index contributed by atoms with van der Waals surface area (Å²) in [5.41, 5.74) is -1.03. The second kappa shape index (κ2) is 4.29. The standard InChI is InChI=1S/C15H14N2O/c1-3-14(2)11-18-13(15(14,9-16)10-17)12-7-5-4-6-8-12/h3-8,13H,1,11H2,2H3/t13-,14+/m1/s1. The van der Waals surface area contributed by atoms with Crippen molar-refractivity contribution in [3.05, 3.63) is 48.6 Å². The van der Waals surface area contributed by atoms with Crippen LogP contribution in [0.2, 0.25) is 0 Å². The predicted octanol–water partition coefficient (Wildman–Crippen LogP) is 2.98. The van der Waals surface area contributed by atoms with Gasteiger partial charge in [0.25, 0.3) is 0 Å². The summed E-state index contributed by atoms with van der Waals surface area (Å²) in [6, 6.07) is 13.7. The quantitative estimate of drug-likeness (QED) is 0.744. The third kappa shape index (κ3) is 1.45. The van der Waals surface area contributed by atoms with Gasteiger partial charge in [0.2, 0.25) is 0 Å². The number of rotatable bonds is 2. The first-order valence-electron chi connectivity index (χ1n) is 5.76. The highest BCUT2D eigenvalue weighted by Crippen LogP contribution is 2.55. The molecule has 0 N–H and O–H groups in total. The third-order valence-electron chi connectivity index (χ3n) is 3.75. The molecule has 1 aromatic rings. The van der Waals surface area contributed by atoms with E-state index in [0.717, 1.165) is 5.56 Å². The summed E-state index contributed by atoms with van der Waals surface area (Å²) in [4.78, 5) is 0. The van der Waals surface area contributed by atoms with Crippen LogP contribution in [-0.2, 0) is 4.74 Å². The zero-order chi connectivity index (χ0) is 13.2. The summed E-state index contributed by atoms with van der Waals surface area (Å²) in [6.45, 7) is 5.92. The molecule has 0 radical (unpaired) electrons. The molecular formula is C15H14N2O. The molecule has 3 nitrogen and oxygen atoms in total. The zero-order valence-electron chi connectivity index (χ0n) is 10.3. The SMILES string of the molecule is C=C[C@@]1(C)CO[C@H](c2ccccc2)C1(C#N)C#N. The summed E-state index contributed by atoms with van der Waals surface area (Å²) >= 11 is 0. The second-order valence-corrected chi connectivity index (χ2v) is 4.75. The average Bonchev–Trinajstić information content (AvgIpc) is 2.73. The van der Waals surface area contributed by atoms with Crippen molar-refractivity contribution in [3.63, 3.8) is 0 Å². The number of hydrogen-bond donors (Lipinski definition) is 0. The normalized spacial score (nSPS) is 29.2. The van der Waals surface area contributed by atoms with Crippen LogP contribution in [0.15, 0.2) is 43.0 Å². The van der Waals surface area contributed by atoms with Gasteiger partial charge in [0.15, 0.2) is 5.41 Å². The van der Waals surface area contributed by atoms with Gasteiger partial charge in [-0.05, 0) is 5.56 Å². The lowest BCUT2D eigenvalue weighted by Crippen LogP contribution is -2.36. The maximum atomic E-state index is 9.51. The summed E-state index contributed by atoms with van der Waals surface area (Å²) in [5, 5.41) is 19.0. The maximum Gasteiger partial charge on any atom is 0.184 e. The molecule has 0 bridgehead atoms. The van der Waals surface area contributed by atoms with Crippen molar-refractivity contribution in [2.45, 2.75) is 13.0 Å². The van der Waals surface area contributed by atoms with E-state index >= 15 is 0 Å². The van der Waals surface area contributed by atoms with Crippen LogP contribution >= 0.6 is 0 Å². The number of nitriles is 2. The van der Waals surface area contributed by atoms with Crippen LogP contribution in [0.25, 0.3) is 0 Å². The molecule has 2 rings (SSSR count). The van der Waals surface area contributed by atoms with Crippen molar-refractivity contribution in [2.24, 2.45) is 10.8 Å². The molecular weight excluding hydrogens is 224 g/mol. The summed E-state index contributed by atoms with van der Waals surface area (Å²) < 4.78 is 5.73. The van der Waals surface area contributed by atoms with Crippen molar-refractivity contribution < 1.29 is 4.74 Å². The van der Waals surface area contributed by atoms with Gasteiger partial charge in [-0.1, -0.05) is 43.3 Å². The molecule has 0 saturated carbocycles. The lowest BCUT2D eigenvalue weighted by atomic mass is 9.64. The van der Waals surface area contributed by atoms with E-state index in [0.29, 0.717) is 6.61 Å². The first-order chi connectivity index (χ1) is 8.63. The van der Waals surface area contributed by atoms with E-state index in [1.165, 1.54) is 0 Å². The van der Waals surface area contributed by atoms with E-state index in [-0.39, 0.29) is 0 Å². The largest absolute Gasteiger partial charge is 0.370 e. The molecule has 1 aliphatic rings.